The second-order valence-corrected chi connectivity index (χ2v) is 6.43. The third-order valence-electron chi connectivity index (χ3n) is 3.76. The third-order valence-corrected chi connectivity index (χ3v) is 4.85. The van der Waals surface area contributed by atoms with Crippen molar-refractivity contribution in [3.8, 4) is 0 Å². The highest BCUT2D eigenvalue weighted by Crippen LogP contribution is 2.26. The Labute approximate surface area is 122 Å². The molecule has 1 aliphatic carbocycles. The first kappa shape index (κ1) is 16.8. The van der Waals surface area contributed by atoms with Crippen LogP contribution in [-0.4, -0.2) is 36.7 Å². The van der Waals surface area contributed by atoms with Crippen LogP contribution in [0.2, 0.25) is 0 Å². The highest BCUT2D eigenvalue weighted by molar-refractivity contribution is 7.99. The topological polar surface area (TPSA) is 38.3 Å². The van der Waals surface area contributed by atoms with Crippen LogP contribution >= 0.6 is 11.8 Å². The molecule has 2 atom stereocenters. The third kappa shape index (κ3) is 7.83. The van der Waals surface area contributed by atoms with Gasteiger partial charge in [0.25, 0.3) is 0 Å². The quantitative estimate of drug-likeness (QED) is 0.521. The van der Waals surface area contributed by atoms with Crippen molar-refractivity contribution >= 4 is 17.7 Å². The predicted molar refractivity (Wildman–Crippen MR) is 82.7 cm³/mol. The van der Waals surface area contributed by atoms with Crippen LogP contribution in [0.5, 0.6) is 0 Å². The van der Waals surface area contributed by atoms with Crippen LogP contribution < -0.4 is 5.32 Å². The second kappa shape index (κ2) is 10.6. The maximum Gasteiger partial charge on any atom is 0.305 e. The molecule has 1 N–H and O–H groups in total. The molecule has 0 aromatic heterocycles. The molecular weight excluding hydrogens is 258 g/mol. The van der Waals surface area contributed by atoms with Gasteiger partial charge in [0.05, 0.1) is 6.61 Å². The van der Waals surface area contributed by atoms with E-state index >= 15 is 0 Å². The molecule has 0 heterocycles. The van der Waals surface area contributed by atoms with Gasteiger partial charge in [0.15, 0.2) is 0 Å². The fourth-order valence-corrected chi connectivity index (χ4v) is 3.48. The van der Waals surface area contributed by atoms with Crippen LogP contribution in [0, 0.1) is 0 Å². The van der Waals surface area contributed by atoms with E-state index in [2.05, 4.69) is 11.6 Å². The van der Waals surface area contributed by atoms with Gasteiger partial charge in [-0.25, -0.2) is 0 Å². The number of nitrogens with one attached hydrogen (secondary N) is 1. The zero-order valence-electron chi connectivity index (χ0n) is 12.5. The van der Waals surface area contributed by atoms with Crippen LogP contribution in [0.15, 0.2) is 0 Å². The van der Waals surface area contributed by atoms with Crippen LogP contribution in [0.25, 0.3) is 0 Å². The van der Waals surface area contributed by atoms with Gasteiger partial charge in [0.2, 0.25) is 0 Å². The van der Waals surface area contributed by atoms with E-state index < -0.39 is 0 Å². The van der Waals surface area contributed by atoms with Gasteiger partial charge in [0.1, 0.15) is 0 Å². The highest BCUT2D eigenvalue weighted by Gasteiger charge is 2.20. The van der Waals surface area contributed by atoms with Crippen LogP contribution in [0.4, 0.5) is 0 Å². The van der Waals surface area contributed by atoms with Gasteiger partial charge in [-0.2, -0.15) is 11.8 Å². The lowest BCUT2D eigenvalue weighted by molar-refractivity contribution is -0.143. The van der Waals surface area contributed by atoms with E-state index in [4.69, 9.17) is 4.74 Å². The number of rotatable bonds is 9. The Morgan fingerprint density at radius 3 is 2.89 bits per heavy atom. The lowest BCUT2D eigenvalue weighted by atomic mass is 9.95. The fraction of sp³-hybridized carbons (Fsp3) is 0.933. The normalized spacial score (nSPS) is 23.3. The van der Waals surface area contributed by atoms with E-state index in [0.29, 0.717) is 13.0 Å². The number of hydrogen-bond donors (Lipinski definition) is 1. The minimum absolute atomic E-state index is 0.0504. The lowest BCUT2D eigenvalue weighted by Crippen LogP contribution is -2.35. The molecule has 1 aliphatic rings. The van der Waals surface area contributed by atoms with Gasteiger partial charge in [-0.15, -0.1) is 0 Å². The standard InChI is InChI=1S/C15H29NO2S/c1-3-18-15(17)10-5-4-6-11-16-13-8-7-9-14(12-13)19-2/h13-14,16H,3-12H2,1-2H3. The molecule has 1 fully saturated rings. The molecule has 3 nitrogen and oxygen atoms in total. The first-order valence-electron chi connectivity index (χ1n) is 7.68. The monoisotopic (exact) mass is 287 g/mol. The Balaban J connectivity index is 1.94. The summed E-state index contributed by atoms with van der Waals surface area (Å²) < 4.78 is 4.91. The van der Waals surface area contributed by atoms with Crippen molar-refractivity contribution in [1.82, 2.24) is 5.32 Å². The van der Waals surface area contributed by atoms with Gasteiger partial charge in [0, 0.05) is 17.7 Å². The van der Waals surface area contributed by atoms with E-state index in [1.165, 1.54) is 32.1 Å². The summed E-state index contributed by atoms with van der Waals surface area (Å²) in [5, 5.41) is 4.53. The molecule has 1 saturated carbocycles. The number of hydrogen-bond acceptors (Lipinski definition) is 4. The number of ether oxygens (including phenoxy) is 1. The van der Waals surface area contributed by atoms with Crippen molar-refractivity contribution in [3.05, 3.63) is 0 Å². The lowest BCUT2D eigenvalue weighted by Gasteiger charge is -2.28. The maximum absolute atomic E-state index is 11.2. The number of carbonyl (C=O) groups is 1. The molecule has 0 spiro atoms. The Bertz CT molecular complexity index is 248. The van der Waals surface area contributed by atoms with Crippen molar-refractivity contribution in [1.29, 1.82) is 0 Å². The van der Waals surface area contributed by atoms with Crippen molar-refractivity contribution in [3.63, 3.8) is 0 Å². The van der Waals surface area contributed by atoms with E-state index in [1.807, 2.05) is 18.7 Å². The van der Waals surface area contributed by atoms with Gasteiger partial charge in [-0.05, 0) is 51.8 Å². The Hall–Kier alpha value is -0.220. The molecule has 0 aromatic carbocycles. The number of thioether (sulfide) groups is 1. The average Bonchev–Trinajstić information content (AvgIpc) is 2.43. The molecule has 0 aliphatic heterocycles. The molecule has 0 saturated heterocycles. The second-order valence-electron chi connectivity index (χ2n) is 5.29. The van der Waals surface area contributed by atoms with Crippen LogP contribution in [0.1, 0.15) is 58.3 Å². The molecule has 112 valence electrons. The SMILES string of the molecule is CCOC(=O)CCCCCNC1CCCC(SC)C1. The van der Waals surface area contributed by atoms with Crippen LogP contribution in [-0.2, 0) is 9.53 Å². The maximum atomic E-state index is 11.2. The zero-order chi connectivity index (χ0) is 13.9. The van der Waals surface area contributed by atoms with Gasteiger partial charge in [-0.1, -0.05) is 12.8 Å². The molecule has 1 rings (SSSR count). The summed E-state index contributed by atoms with van der Waals surface area (Å²) in [6, 6.07) is 0.719. The summed E-state index contributed by atoms with van der Waals surface area (Å²) in [4.78, 5) is 11.2. The van der Waals surface area contributed by atoms with Crippen LogP contribution in [0.3, 0.4) is 0 Å². The minimum atomic E-state index is -0.0504. The smallest absolute Gasteiger partial charge is 0.305 e. The van der Waals surface area contributed by atoms with Gasteiger partial charge < -0.3 is 10.1 Å². The summed E-state index contributed by atoms with van der Waals surface area (Å²) in [6.45, 7) is 3.45. The van der Waals surface area contributed by atoms with Crippen molar-refractivity contribution < 1.29 is 9.53 Å². The molecular formula is C15H29NO2S. The number of unbranched alkanes of at least 4 members (excludes halogenated alkanes) is 2. The summed E-state index contributed by atoms with van der Waals surface area (Å²) in [6.07, 6.45) is 11.5. The molecule has 4 heteroatoms. The Morgan fingerprint density at radius 2 is 2.16 bits per heavy atom. The molecule has 0 amide bonds. The van der Waals surface area contributed by atoms with Crippen molar-refractivity contribution in [2.45, 2.75) is 69.6 Å². The zero-order valence-corrected chi connectivity index (χ0v) is 13.3. The number of carbonyl (C=O) groups excluding carboxylic acids is 1. The van der Waals surface area contributed by atoms with Crippen molar-refractivity contribution in [2.75, 3.05) is 19.4 Å². The highest BCUT2D eigenvalue weighted by atomic mass is 32.2. The van der Waals surface area contributed by atoms with Gasteiger partial charge in [-0.3, -0.25) is 4.79 Å². The summed E-state index contributed by atoms with van der Waals surface area (Å²) in [5.74, 6) is -0.0504. The minimum Gasteiger partial charge on any atom is -0.466 e. The largest absolute Gasteiger partial charge is 0.466 e. The first-order valence-corrected chi connectivity index (χ1v) is 8.96. The van der Waals surface area contributed by atoms with Gasteiger partial charge >= 0.3 is 5.97 Å². The molecule has 19 heavy (non-hydrogen) atoms. The van der Waals surface area contributed by atoms with Crippen molar-refractivity contribution in [2.24, 2.45) is 0 Å². The predicted octanol–water partition coefficient (Wildman–Crippen LogP) is 3.37. The average molecular weight is 287 g/mol. The summed E-state index contributed by atoms with van der Waals surface area (Å²) in [7, 11) is 0. The fourth-order valence-electron chi connectivity index (χ4n) is 2.65. The summed E-state index contributed by atoms with van der Waals surface area (Å²) in [5.41, 5.74) is 0. The molecule has 2 unspecified atom stereocenters. The molecule has 0 bridgehead atoms. The number of esters is 1. The van der Waals surface area contributed by atoms with E-state index in [-0.39, 0.29) is 5.97 Å². The molecule has 0 aromatic rings. The first-order chi connectivity index (χ1) is 9.26. The molecule has 0 radical (unpaired) electrons. The Kier molecular flexibility index (Phi) is 9.35. The Morgan fingerprint density at radius 1 is 1.32 bits per heavy atom. The van der Waals surface area contributed by atoms with E-state index in [0.717, 1.165) is 30.7 Å². The van der Waals surface area contributed by atoms with E-state index in [9.17, 15) is 4.79 Å². The van der Waals surface area contributed by atoms with E-state index in [1.54, 1.807) is 0 Å². The summed E-state index contributed by atoms with van der Waals surface area (Å²) >= 11 is 2.01.